The number of nitrogens with zero attached hydrogens (tertiary/aromatic N) is 4. The highest BCUT2D eigenvalue weighted by Crippen LogP contribution is 2.22. The Balaban J connectivity index is 1.71. The molecule has 0 unspecified atom stereocenters. The molecule has 0 aliphatic carbocycles. The van der Waals surface area contributed by atoms with Crippen LogP contribution in [0.25, 0.3) is 0 Å². The summed E-state index contributed by atoms with van der Waals surface area (Å²) in [6.45, 7) is 2.32. The first-order chi connectivity index (χ1) is 13.7. The van der Waals surface area contributed by atoms with Crippen LogP contribution in [0.5, 0.6) is 0 Å². The van der Waals surface area contributed by atoms with Gasteiger partial charge < -0.3 is 15.5 Å². The fourth-order valence-electron chi connectivity index (χ4n) is 3.20. The molecule has 0 spiro atoms. The molecule has 3 heterocycles. The number of nitrogen functional groups attached to an aromatic ring is 1. The molecule has 156 valence electrons. The summed E-state index contributed by atoms with van der Waals surface area (Å²) >= 11 is 3.28. The third-order valence-corrected chi connectivity index (χ3v) is 5.15. The lowest BCUT2D eigenvalue weighted by molar-refractivity contribution is -0.137. The Morgan fingerprint density at radius 2 is 2.00 bits per heavy atom. The van der Waals surface area contributed by atoms with Crippen LogP contribution >= 0.6 is 15.9 Å². The topological polar surface area (TPSA) is 75.3 Å². The van der Waals surface area contributed by atoms with Crippen LogP contribution in [0.15, 0.2) is 34.9 Å². The van der Waals surface area contributed by atoms with Gasteiger partial charge in [0, 0.05) is 36.8 Å². The first-order valence-electron chi connectivity index (χ1n) is 9.20. The first kappa shape index (κ1) is 21.5. The number of nitrogens with two attached hydrogens (primary N) is 1. The smallest absolute Gasteiger partial charge is 0.383 e. The number of pyridine rings is 2. The zero-order chi connectivity index (χ0) is 21.0. The van der Waals surface area contributed by atoms with Gasteiger partial charge in [-0.2, -0.15) is 13.2 Å². The van der Waals surface area contributed by atoms with Crippen molar-refractivity contribution in [2.75, 3.05) is 43.4 Å². The van der Waals surface area contributed by atoms with E-state index < -0.39 is 12.6 Å². The second-order valence-corrected chi connectivity index (χ2v) is 7.76. The van der Waals surface area contributed by atoms with Crippen molar-refractivity contribution in [3.63, 3.8) is 0 Å². The molecule has 1 aliphatic heterocycles. The van der Waals surface area contributed by atoms with E-state index in [4.69, 9.17) is 5.73 Å². The Bertz CT molecular complexity index is 877. The number of hydrogen-bond acceptors (Lipinski definition) is 6. The number of alkyl halides is 3. The van der Waals surface area contributed by atoms with Gasteiger partial charge in [-0.05, 0) is 47.1 Å². The van der Waals surface area contributed by atoms with E-state index in [2.05, 4.69) is 25.9 Å². The van der Waals surface area contributed by atoms with Gasteiger partial charge in [0.1, 0.15) is 17.3 Å². The van der Waals surface area contributed by atoms with E-state index in [-0.39, 0.29) is 29.4 Å². The maximum Gasteiger partial charge on any atom is 0.390 e. The monoisotopic (exact) mass is 471 g/mol. The van der Waals surface area contributed by atoms with Gasteiger partial charge in [-0.1, -0.05) is 6.07 Å². The third kappa shape index (κ3) is 5.89. The third-order valence-electron chi connectivity index (χ3n) is 4.72. The molecule has 1 fully saturated rings. The van der Waals surface area contributed by atoms with Gasteiger partial charge in [0.2, 0.25) is 5.78 Å². The number of hydrogen-bond donors (Lipinski definition) is 1. The van der Waals surface area contributed by atoms with Crippen molar-refractivity contribution >= 4 is 33.3 Å². The van der Waals surface area contributed by atoms with Crippen LogP contribution in [-0.2, 0) is 0 Å². The highest BCUT2D eigenvalue weighted by molar-refractivity contribution is 9.10. The standard InChI is InChI=1S/C19H21BrF3N5O/c20-13-11-14(18(24)25-12-13)17(29)15-3-1-4-16(26-15)28-7-2-6-27(9-10-28)8-5-19(21,22)23/h1,3-4,11-12H,2,5-10H2,(H2,24,25). The van der Waals surface area contributed by atoms with E-state index in [1.54, 1.807) is 24.3 Å². The minimum Gasteiger partial charge on any atom is -0.383 e. The van der Waals surface area contributed by atoms with E-state index in [1.165, 1.54) is 6.20 Å². The summed E-state index contributed by atoms with van der Waals surface area (Å²) in [4.78, 5) is 25.1. The number of ketones is 1. The maximum absolute atomic E-state index is 12.8. The molecule has 2 N–H and O–H groups in total. The van der Waals surface area contributed by atoms with Crippen LogP contribution in [0.2, 0.25) is 0 Å². The zero-order valence-corrected chi connectivity index (χ0v) is 17.2. The summed E-state index contributed by atoms with van der Waals surface area (Å²) in [5, 5.41) is 0. The van der Waals surface area contributed by atoms with Crippen LogP contribution < -0.4 is 10.6 Å². The van der Waals surface area contributed by atoms with Crippen LogP contribution in [0.1, 0.15) is 28.9 Å². The van der Waals surface area contributed by atoms with Crippen LogP contribution in [0.3, 0.4) is 0 Å². The maximum atomic E-state index is 12.8. The molecule has 2 aromatic heterocycles. The summed E-state index contributed by atoms with van der Waals surface area (Å²) in [6, 6.07) is 6.75. The SMILES string of the molecule is Nc1ncc(Br)cc1C(=O)c1cccc(N2CCCN(CCC(F)(F)F)CC2)n1. The van der Waals surface area contributed by atoms with Crippen molar-refractivity contribution < 1.29 is 18.0 Å². The summed E-state index contributed by atoms with van der Waals surface area (Å²) < 4.78 is 38.1. The molecule has 1 aliphatic rings. The van der Waals surface area contributed by atoms with Crippen molar-refractivity contribution in [3.8, 4) is 0 Å². The van der Waals surface area contributed by atoms with E-state index >= 15 is 0 Å². The van der Waals surface area contributed by atoms with Gasteiger partial charge >= 0.3 is 6.18 Å². The number of halogens is 4. The molecular weight excluding hydrogens is 451 g/mol. The summed E-state index contributed by atoms with van der Waals surface area (Å²) in [7, 11) is 0. The van der Waals surface area contributed by atoms with E-state index in [9.17, 15) is 18.0 Å². The van der Waals surface area contributed by atoms with Gasteiger partial charge in [0.25, 0.3) is 0 Å². The average Bonchev–Trinajstić information content (AvgIpc) is 2.93. The summed E-state index contributed by atoms with van der Waals surface area (Å²) in [5.74, 6) is 0.412. The van der Waals surface area contributed by atoms with E-state index in [0.29, 0.717) is 36.5 Å². The fourth-order valence-corrected chi connectivity index (χ4v) is 3.54. The largest absolute Gasteiger partial charge is 0.390 e. The first-order valence-corrected chi connectivity index (χ1v) is 9.99. The number of rotatable bonds is 5. The molecule has 6 nitrogen and oxygen atoms in total. The highest BCUT2D eigenvalue weighted by Gasteiger charge is 2.28. The molecule has 0 atom stereocenters. The van der Waals surface area contributed by atoms with Gasteiger partial charge in [0.05, 0.1) is 12.0 Å². The Hall–Kier alpha value is -2.20. The predicted molar refractivity (Wildman–Crippen MR) is 108 cm³/mol. The Labute approximate surface area is 175 Å². The fraction of sp³-hybridized carbons (Fsp3) is 0.421. The normalized spacial score (nSPS) is 15.9. The van der Waals surface area contributed by atoms with E-state index in [0.717, 1.165) is 6.42 Å². The average molecular weight is 472 g/mol. The quantitative estimate of drug-likeness (QED) is 0.672. The van der Waals surface area contributed by atoms with Gasteiger partial charge in [-0.25, -0.2) is 9.97 Å². The predicted octanol–water partition coefficient (Wildman–Crippen LogP) is 3.52. The molecule has 29 heavy (non-hydrogen) atoms. The lowest BCUT2D eigenvalue weighted by Crippen LogP contribution is -2.33. The van der Waals surface area contributed by atoms with Crippen molar-refractivity contribution in [2.24, 2.45) is 0 Å². The molecular formula is C19H21BrF3N5O. The van der Waals surface area contributed by atoms with Gasteiger partial charge in [-0.3, -0.25) is 4.79 Å². The Kier molecular flexibility index (Phi) is 6.74. The molecule has 10 heteroatoms. The number of aromatic nitrogens is 2. The van der Waals surface area contributed by atoms with Gasteiger partial charge in [0.15, 0.2) is 0 Å². The van der Waals surface area contributed by atoms with Crippen LogP contribution in [0, 0.1) is 0 Å². The zero-order valence-electron chi connectivity index (χ0n) is 15.6. The second-order valence-electron chi connectivity index (χ2n) is 6.84. The lowest BCUT2D eigenvalue weighted by Gasteiger charge is -2.23. The number of carbonyl (C=O) groups is 1. The number of anilines is 2. The van der Waals surface area contributed by atoms with Crippen LogP contribution in [0.4, 0.5) is 24.8 Å². The summed E-state index contributed by atoms with van der Waals surface area (Å²) in [5.41, 5.74) is 6.33. The highest BCUT2D eigenvalue weighted by atomic mass is 79.9. The molecule has 0 amide bonds. The van der Waals surface area contributed by atoms with Gasteiger partial charge in [-0.15, -0.1) is 0 Å². The summed E-state index contributed by atoms with van der Waals surface area (Å²) in [6.07, 6.45) is -2.72. The Morgan fingerprint density at radius 3 is 2.76 bits per heavy atom. The molecule has 1 saturated heterocycles. The lowest BCUT2D eigenvalue weighted by atomic mass is 10.1. The Morgan fingerprint density at radius 1 is 1.21 bits per heavy atom. The van der Waals surface area contributed by atoms with Crippen LogP contribution in [-0.4, -0.2) is 59.6 Å². The molecule has 0 bridgehead atoms. The molecule has 2 aromatic rings. The minimum atomic E-state index is -4.15. The molecule has 0 radical (unpaired) electrons. The van der Waals surface area contributed by atoms with Crippen molar-refractivity contribution in [1.29, 1.82) is 0 Å². The molecule has 3 rings (SSSR count). The number of carbonyl (C=O) groups excluding carboxylic acids is 1. The van der Waals surface area contributed by atoms with Crippen molar-refractivity contribution in [1.82, 2.24) is 14.9 Å². The minimum absolute atomic E-state index is 0.00153. The van der Waals surface area contributed by atoms with E-state index in [1.807, 2.05) is 9.80 Å². The van der Waals surface area contributed by atoms with Crippen molar-refractivity contribution in [2.45, 2.75) is 19.0 Å². The second kappa shape index (κ2) is 9.08. The molecule has 0 saturated carbocycles. The van der Waals surface area contributed by atoms with Crippen molar-refractivity contribution in [3.05, 3.63) is 46.2 Å². The molecule has 0 aromatic carbocycles.